The number of amides is 1. The number of carbonyl (C=O) groups excluding carboxylic acids is 1. The molecule has 1 aromatic rings. The van der Waals surface area contributed by atoms with E-state index in [2.05, 4.69) is 22.5 Å². The molecule has 1 amide bonds. The molecule has 4 heteroatoms. The van der Waals surface area contributed by atoms with Crippen LogP contribution < -0.4 is 10.6 Å². The van der Waals surface area contributed by atoms with Crippen LogP contribution in [0.25, 0.3) is 0 Å². The van der Waals surface area contributed by atoms with Gasteiger partial charge in [-0.25, -0.2) is 4.98 Å². The molecule has 2 aliphatic rings. The number of pyridine rings is 1. The fourth-order valence-corrected chi connectivity index (χ4v) is 3.15. The third-order valence-electron chi connectivity index (χ3n) is 4.07. The fourth-order valence-electron chi connectivity index (χ4n) is 3.15. The molecule has 1 saturated carbocycles. The number of fused-ring (bicyclic) bond motifs is 1. The molecule has 2 heterocycles. The van der Waals surface area contributed by atoms with Crippen molar-refractivity contribution >= 4 is 17.4 Å². The van der Waals surface area contributed by atoms with Gasteiger partial charge in [0, 0.05) is 5.69 Å². The molecule has 0 aromatic carbocycles. The van der Waals surface area contributed by atoms with Crippen LogP contribution in [-0.2, 0) is 4.79 Å². The topological polar surface area (TPSA) is 54.0 Å². The number of anilines is 2. The van der Waals surface area contributed by atoms with Crippen LogP contribution in [0.4, 0.5) is 11.5 Å². The zero-order chi connectivity index (χ0) is 12.8. The Bertz CT molecular complexity index is 500. The Balaban J connectivity index is 1.97. The maximum absolute atomic E-state index is 12.4. The van der Waals surface area contributed by atoms with E-state index in [4.69, 9.17) is 0 Å². The first-order valence-corrected chi connectivity index (χ1v) is 6.66. The predicted octanol–water partition coefficient (Wildman–Crippen LogP) is 2.70. The molecule has 4 nitrogen and oxygen atoms in total. The van der Waals surface area contributed by atoms with E-state index >= 15 is 0 Å². The largest absolute Gasteiger partial charge is 0.354 e. The second-order valence-electron chi connectivity index (χ2n) is 5.71. The van der Waals surface area contributed by atoms with Crippen molar-refractivity contribution in [2.24, 2.45) is 5.92 Å². The first-order chi connectivity index (χ1) is 8.59. The third-order valence-corrected chi connectivity index (χ3v) is 4.07. The summed E-state index contributed by atoms with van der Waals surface area (Å²) in [5.74, 6) is 1.51. The minimum Gasteiger partial charge on any atom is -0.354 e. The normalized spacial score (nSPS) is 30.6. The smallest absolute Gasteiger partial charge is 0.250 e. The summed E-state index contributed by atoms with van der Waals surface area (Å²) in [5, 5.41) is 6.41. The van der Waals surface area contributed by atoms with Crippen molar-refractivity contribution in [2.75, 3.05) is 10.6 Å². The monoisotopic (exact) mass is 245 g/mol. The van der Waals surface area contributed by atoms with Gasteiger partial charge in [0.05, 0.1) is 5.69 Å². The van der Waals surface area contributed by atoms with Crippen LogP contribution in [0.15, 0.2) is 12.1 Å². The maximum Gasteiger partial charge on any atom is 0.250 e. The highest BCUT2D eigenvalue weighted by Gasteiger charge is 2.44. The van der Waals surface area contributed by atoms with Crippen molar-refractivity contribution in [3.8, 4) is 0 Å². The van der Waals surface area contributed by atoms with E-state index in [1.807, 2.05) is 19.1 Å². The fraction of sp³-hybridized carbons (Fsp3) is 0.571. The summed E-state index contributed by atoms with van der Waals surface area (Å²) in [6, 6.07) is 3.84. The van der Waals surface area contributed by atoms with Gasteiger partial charge in [-0.1, -0.05) is 19.8 Å². The summed E-state index contributed by atoms with van der Waals surface area (Å²) in [6.45, 7) is 4.18. The lowest BCUT2D eigenvalue weighted by atomic mass is 9.75. The van der Waals surface area contributed by atoms with E-state index < -0.39 is 5.54 Å². The summed E-state index contributed by atoms with van der Waals surface area (Å²) >= 11 is 0. The number of hydrogen-bond donors (Lipinski definition) is 2. The molecular weight excluding hydrogens is 226 g/mol. The van der Waals surface area contributed by atoms with Crippen LogP contribution >= 0.6 is 0 Å². The molecule has 2 unspecified atom stereocenters. The van der Waals surface area contributed by atoms with Crippen molar-refractivity contribution in [1.82, 2.24) is 4.98 Å². The predicted molar refractivity (Wildman–Crippen MR) is 71.6 cm³/mol. The van der Waals surface area contributed by atoms with E-state index in [0.717, 1.165) is 36.5 Å². The summed E-state index contributed by atoms with van der Waals surface area (Å²) in [7, 11) is 0. The molecule has 2 N–H and O–H groups in total. The van der Waals surface area contributed by atoms with E-state index in [-0.39, 0.29) is 5.91 Å². The van der Waals surface area contributed by atoms with E-state index in [9.17, 15) is 4.79 Å². The molecule has 1 aromatic heterocycles. The minimum absolute atomic E-state index is 0.104. The number of nitrogens with zero attached hydrogens (tertiary/aromatic N) is 1. The Labute approximate surface area is 107 Å². The molecule has 1 spiro atoms. The lowest BCUT2D eigenvalue weighted by Gasteiger charge is -2.42. The zero-order valence-corrected chi connectivity index (χ0v) is 10.9. The lowest BCUT2D eigenvalue weighted by molar-refractivity contribution is -0.122. The number of nitrogens with one attached hydrogen (secondary N) is 2. The van der Waals surface area contributed by atoms with Gasteiger partial charge in [-0.05, 0) is 37.8 Å². The Kier molecular flexibility index (Phi) is 2.54. The molecule has 0 bridgehead atoms. The number of hydrogen-bond acceptors (Lipinski definition) is 3. The second kappa shape index (κ2) is 3.97. The van der Waals surface area contributed by atoms with Crippen LogP contribution in [0.1, 0.15) is 38.3 Å². The molecule has 2 atom stereocenters. The molecule has 0 radical (unpaired) electrons. The maximum atomic E-state index is 12.4. The van der Waals surface area contributed by atoms with Crippen LogP contribution in [-0.4, -0.2) is 16.4 Å². The van der Waals surface area contributed by atoms with Gasteiger partial charge in [0.25, 0.3) is 0 Å². The molecular formula is C14H19N3O. The number of carbonyl (C=O) groups is 1. The molecule has 3 rings (SSSR count). The van der Waals surface area contributed by atoms with Crippen LogP contribution in [0.5, 0.6) is 0 Å². The molecule has 1 fully saturated rings. The average molecular weight is 245 g/mol. The zero-order valence-electron chi connectivity index (χ0n) is 10.9. The first kappa shape index (κ1) is 11.5. The van der Waals surface area contributed by atoms with Crippen LogP contribution in [0.3, 0.4) is 0 Å². The standard InChI is InChI=1S/C14H19N3O/c1-9-4-3-7-14(8-9)13(18)16-11-6-5-10(2)15-12(11)17-14/h5-6,9H,3-4,7-8H2,1-2H3,(H,15,17)(H,16,18). The summed E-state index contributed by atoms with van der Waals surface area (Å²) < 4.78 is 0. The van der Waals surface area contributed by atoms with E-state index in [0.29, 0.717) is 5.92 Å². The second-order valence-corrected chi connectivity index (χ2v) is 5.71. The van der Waals surface area contributed by atoms with Crippen LogP contribution in [0.2, 0.25) is 0 Å². The molecule has 1 aliphatic heterocycles. The Morgan fingerprint density at radius 1 is 1.44 bits per heavy atom. The van der Waals surface area contributed by atoms with Gasteiger partial charge in [-0.15, -0.1) is 0 Å². The minimum atomic E-state index is -0.439. The van der Waals surface area contributed by atoms with E-state index in [1.165, 1.54) is 6.42 Å². The SMILES string of the molecule is Cc1ccc2c(n1)NC1(CCCC(C)C1)C(=O)N2. The van der Waals surface area contributed by atoms with Crippen molar-refractivity contribution in [3.63, 3.8) is 0 Å². The molecule has 18 heavy (non-hydrogen) atoms. The highest BCUT2D eigenvalue weighted by Crippen LogP contribution is 2.40. The average Bonchev–Trinajstić information content (AvgIpc) is 2.31. The van der Waals surface area contributed by atoms with Gasteiger partial charge in [-0.3, -0.25) is 4.79 Å². The van der Waals surface area contributed by atoms with Gasteiger partial charge in [-0.2, -0.15) is 0 Å². The van der Waals surface area contributed by atoms with Gasteiger partial charge in [0.2, 0.25) is 5.91 Å². The Hall–Kier alpha value is -1.58. The Morgan fingerprint density at radius 3 is 3.06 bits per heavy atom. The first-order valence-electron chi connectivity index (χ1n) is 6.66. The van der Waals surface area contributed by atoms with E-state index in [1.54, 1.807) is 0 Å². The van der Waals surface area contributed by atoms with Crippen molar-refractivity contribution < 1.29 is 4.79 Å². The van der Waals surface area contributed by atoms with Gasteiger partial charge < -0.3 is 10.6 Å². The molecule has 1 aliphatic carbocycles. The number of aryl methyl sites for hydroxylation is 1. The van der Waals surface area contributed by atoms with Gasteiger partial charge >= 0.3 is 0 Å². The van der Waals surface area contributed by atoms with Gasteiger partial charge in [0.15, 0.2) is 5.82 Å². The Morgan fingerprint density at radius 2 is 2.28 bits per heavy atom. The highest BCUT2D eigenvalue weighted by atomic mass is 16.2. The quantitative estimate of drug-likeness (QED) is 0.739. The summed E-state index contributed by atoms with van der Waals surface area (Å²) in [4.78, 5) is 16.9. The third kappa shape index (κ3) is 1.76. The molecule has 0 saturated heterocycles. The summed E-state index contributed by atoms with van der Waals surface area (Å²) in [5.41, 5.74) is 1.33. The molecule has 96 valence electrons. The highest BCUT2D eigenvalue weighted by molar-refractivity contribution is 6.05. The van der Waals surface area contributed by atoms with Crippen LogP contribution in [0, 0.1) is 12.8 Å². The number of aromatic nitrogens is 1. The lowest BCUT2D eigenvalue weighted by Crippen LogP contribution is -2.55. The summed E-state index contributed by atoms with van der Waals surface area (Å²) in [6.07, 6.45) is 4.11. The van der Waals surface area contributed by atoms with Crippen molar-refractivity contribution in [2.45, 2.75) is 45.1 Å². The van der Waals surface area contributed by atoms with Crippen molar-refractivity contribution in [1.29, 1.82) is 0 Å². The van der Waals surface area contributed by atoms with Crippen molar-refractivity contribution in [3.05, 3.63) is 17.8 Å². The van der Waals surface area contributed by atoms with Gasteiger partial charge in [0.1, 0.15) is 5.54 Å². The number of rotatable bonds is 0.